The van der Waals surface area contributed by atoms with Crippen molar-refractivity contribution < 1.29 is 4.74 Å². The van der Waals surface area contributed by atoms with Gasteiger partial charge in [0, 0.05) is 11.6 Å². The average Bonchev–Trinajstić information content (AvgIpc) is 2.28. The molecule has 1 aromatic heterocycles. The number of ether oxygens (including phenoxy) is 1. The number of methoxy groups -OCH3 is 1. The van der Waals surface area contributed by atoms with Crippen LogP contribution < -0.4 is 10.5 Å². The van der Waals surface area contributed by atoms with Crippen LogP contribution in [0.3, 0.4) is 0 Å². The van der Waals surface area contributed by atoms with Crippen LogP contribution in [0.1, 0.15) is 5.56 Å². The maximum Gasteiger partial charge on any atom is 0.145 e. The Morgan fingerprint density at radius 3 is 3.00 bits per heavy atom. The molecule has 0 bridgehead atoms. The lowest BCUT2D eigenvalue weighted by Crippen LogP contribution is -2.03. The Bertz CT molecular complexity index is 468. The van der Waals surface area contributed by atoms with Crippen molar-refractivity contribution in [3.8, 4) is 5.75 Å². The van der Waals surface area contributed by atoms with Gasteiger partial charge in [0.15, 0.2) is 0 Å². The van der Waals surface area contributed by atoms with Gasteiger partial charge in [-0.2, -0.15) is 0 Å². The highest BCUT2D eigenvalue weighted by Crippen LogP contribution is 2.23. The maximum absolute atomic E-state index is 5.51. The minimum Gasteiger partial charge on any atom is -0.494 e. The summed E-state index contributed by atoms with van der Waals surface area (Å²) in [5.74, 6) is 0.812. The van der Waals surface area contributed by atoms with E-state index in [1.165, 1.54) is 5.56 Å². The molecule has 2 rings (SSSR count). The monoisotopic (exact) mass is 202 g/mol. The van der Waals surface area contributed by atoms with E-state index in [4.69, 9.17) is 10.5 Å². The molecular weight excluding hydrogens is 188 g/mol. The van der Waals surface area contributed by atoms with E-state index >= 15 is 0 Å². The lowest BCUT2D eigenvalue weighted by atomic mass is 10.1. The zero-order chi connectivity index (χ0) is 10.7. The third kappa shape index (κ3) is 1.92. The molecule has 78 valence electrons. The Morgan fingerprint density at radius 1 is 1.40 bits per heavy atom. The molecule has 0 amide bonds. The molecule has 0 fully saturated rings. The van der Waals surface area contributed by atoms with E-state index < -0.39 is 0 Å². The van der Waals surface area contributed by atoms with Crippen molar-refractivity contribution in [2.45, 2.75) is 6.42 Å². The normalized spacial score (nSPS) is 10.5. The van der Waals surface area contributed by atoms with Gasteiger partial charge in [0.2, 0.25) is 0 Å². The molecule has 15 heavy (non-hydrogen) atoms. The third-order valence-electron chi connectivity index (χ3n) is 2.38. The summed E-state index contributed by atoms with van der Waals surface area (Å²) in [5.41, 5.74) is 7.58. The van der Waals surface area contributed by atoms with Crippen LogP contribution in [0.2, 0.25) is 0 Å². The average molecular weight is 202 g/mol. The first-order chi connectivity index (χ1) is 7.35. The molecule has 3 nitrogen and oxygen atoms in total. The Hall–Kier alpha value is -1.61. The number of nitrogens with zero attached hydrogens (tertiary/aromatic N) is 1. The molecule has 0 unspecified atom stereocenters. The van der Waals surface area contributed by atoms with E-state index in [1.807, 2.05) is 24.4 Å². The van der Waals surface area contributed by atoms with Gasteiger partial charge in [-0.3, -0.25) is 4.98 Å². The number of para-hydroxylation sites is 1. The standard InChI is InChI=1S/C12H14N2O/c1-15-11-4-2-3-10-7-9(5-6-13)8-14-12(10)11/h2-4,7-8H,5-6,13H2,1H3. The molecule has 0 aliphatic heterocycles. The number of hydrogen-bond acceptors (Lipinski definition) is 3. The van der Waals surface area contributed by atoms with Crippen LogP contribution in [0.25, 0.3) is 10.9 Å². The van der Waals surface area contributed by atoms with Crippen LogP contribution >= 0.6 is 0 Å². The van der Waals surface area contributed by atoms with Gasteiger partial charge in [-0.15, -0.1) is 0 Å². The molecule has 0 atom stereocenters. The predicted molar refractivity (Wildman–Crippen MR) is 61.1 cm³/mol. The quantitative estimate of drug-likeness (QED) is 0.824. The molecule has 0 aliphatic carbocycles. The number of nitrogens with two attached hydrogens (primary N) is 1. The van der Waals surface area contributed by atoms with Gasteiger partial charge in [-0.1, -0.05) is 12.1 Å². The molecule has 0 saturated carbocycles. The van der Waals surface area contributed by atoms with Gasteiger partial charge in [0.25, 0.3) is 0 Å². The molecule has 1 aromatic carbocycles. The summed E-state index contributed by atoms with van der Waals surface area (Å²) in [6, 6.07) is 8.02. The van der Waals surface area contributed by atoms with Crippen molar-refractivity contribution >= 4 is 10.9 Å². The second kappa shape index (κ2) is 4.28. The SMILES string of the molecule is COc1cccc2cc(CCN)cnc12. The lowest BCUT2D eigenvalue weighted by molar-refractivity contribution is 0.419. The van der Waals surface area contributed by atoms with Crippen LogP contribution in [0.5, 0.6) is 5.75 Å². The van der Waals surface area contributed by atoms with Crippen molar-refractivity contribution in [1.29, 1.82) is 0 Å². The molecule has 0 radical (unpaired) electrons. The Labute approximate surface area is 88.9 Å². The van der Waals surface area contributed by atoms with E-state index in [0.29, 0.717) is 6.54 Å². The fraction of sp³-hybridized carbons (Fsp3) is 0.250. The highest BCUT2D eigenvalue weighted by Gasteiger charge is 2.02. The summed E-state index contributed by atoms with van der Waals surface area (Å²) in [4.78, 5) is 4.39. The summed E-state index contributed by atoms with van der Waals surface area (Å²) in [6.07, 6.45) is 2.72. The van der Waals surface area contributed by atoms with Crippen molar-refractivity contribution in [3.63, 3.8) is 0 Å². The van der Waals surface area contributed by atoms with Crippen molar-refractivity contribution in [2.75, 3.05) is 13.7 Å². The summed E-state index contributed by atoms with van der Waals surface area (Å²) >= 11 is 0. The van der Waals surface area contributed by atoms with Crippen LogP contribution in [0, 0.1) is 0 Å². The summed E-state index contributed by atoms with van der Waals surface area (Å²) in [5, 5.41) is 1.10. The molecule has 2 aromatic rings. The van der Waals surface area contributed by atoms with Crippen molar-refractivity contribution in [3.05, 3.63) is 36.0 Å². The molecule has 3 heteroatoms. The van der Waals surface area contributed by atoms with Crippen LogP contribution in [0.15, 0.2) is 30.5 Å². The summed E-state index contributed by atoms with van der Waals surface area (Å²) in [6.45, 7) is 0.650. The number of hydrogen-bond donors (Lipinski definition) is 1. The second-order valence-corrected chi connectivity index (χ2v) is 3.41. The highest BCUT2D eigenvalue weighted by molar-refractivity contribution is 5.84. The number of aromatic nitrogens is 1. The van der Waals surface area contributed by atoms with Crippen LogP contribution in [-0.4, -0.2) is 18.6 Å². The zero-order valence-corrected chi connectivity index (χ0v) is 8.73. The lowest BCUT2D eigenvalue weighted by Gasteiger charge is -2.05. The van der Waals surface area contributed by atoms with Gasteiger partial charge in [0.05, 0.1) is 7.11 Å². The molecule has 1 heterocycles. The first-order valence-electron chi connectivity index (χ1n) is 4.97. The van der Waals surface area contributed by atoms with E-state index in [0.717, 1.165) is 23.1 Å². The van der Waals surface area contributed by atoms with Gasteiger partial charge in [0.1, 0.15) is 11.3 Å². The number of pyridine rings is 1. The zero-order valence-electron chi connectivity index (χ0n) is 8.73. The largest absolute Gasteiger partial charge is 0.494 e. The van der Waals surface area contributed by atoms with Crippen molar-refractivity contribution in [1.82, 2.24) is 4.98 Å². The molecule has 0 aliphatic rings. The van der Waals surface area contributed by atoms with E-state index in [1.54, 1.807) is 7.11 Å². The van der Waals surface area contributed by atoms with E-state index in [9.17, 15) is 0 Å². The van der Waals surface area contributed by atoms with Crippen LogP contribution in [0.4, 0.5) is 0 Å². The van der Waals surface area contributed by atoms with E-state index in [2.05, 4.69) is 11.1 Å². The molecule has 0 saturated heterocycles. The molecule has 2 N–H and O–H groups in total. The molecule has 0 spiro atoms. The van der Waals surface area contributed by atoms with Gasteiger partial charge in [-0.25, -0.2) is 0 Å². The van der Waals surface area contributed by atoms with Crippen LogP contribution in [-0.2, 0) is 6.42 Å². The number of fused-ring (bicyclic) bond motifs is 1. The van der Waals surface area contributed by atoms with E-state index in [-0.39, 0.29) is 0 Å². The minimum atomic E-state index is 0.650. The predicted octanol–water partition coefficient (Wildman–Crippen LogP) is 1.74. The maximum atomic E-state index is 5.51. The second-order valence-electron chi connectivity index (χ2n) is 3.41. The third-order valence-corrected chi connectivity index (χ3v) is 2.38. The van der Waals surface area contributed by atoms with Gasteiger partial charge in [-0.05, 0) is 30.7 Å². The summed E-state index contributed by atoms with van der Waals surface area (Å²) in [7, 11) is 1.66. The first-order valence-corrected chi connectivity index (χ1v) is 4.97. The molecular formula is C12H14N2O. The van der Waals surface area contributed by atoms with Gasteiger partial charge >= 0.3 is 0 Å². The smallest absolute Gasteiger partial charge is 0.145 e. The highest BCUT2D eigenvalue weighted by atomic mass is 16.5. The van der Waals surface area contributed by atoms with Crippen molar-refractivity contribution in [2.24, 2.45) is 5.73 Å². The Balaban J connectivity index is 2.53. The van der Waals surface area contributed by atoms with Gasteiger partial charge < -0.3 is 10.5 Å². The number of rotatable bonds is 3. The Morgan fingerprint density at radius 2 is 2.27 bits per heavy atom. The fourth-order valence-corrected chi connectivity index (χ4v) is 1.65. The first kappa shape index (κ1) is 9.93. The number of benzene rings is 1. The fourth-order valence-electron chi connectivity index (χ4n) is 1.65. The topological polar surface area (TPSA) is 48.1 Å². The minimum absolute atomic E-state index is 0.650. The Kier molecular flexibility index (Phi) is 2.83. The summed E-state index contributed by atoms with van der Waals surface area (Å²) < 4.78 is 5.24.